The molecule has 0 aromatic carbocycles. The minimum atomic E-state index is -0.456. The summed E-state index contributed by atoms with van der Waals surface area (Å²) in [5.41, 5.74) is -0.00108. The Balaban J connectivity index is 0.000000171. The zero-order chi connectivity index (χ0) is 31.1. The molecule has 0 unspecified atom stereocenters. The zero-order valence-electron chi connectivity index (χ0n) is 25.7. The number of amides is 2. The minimum Gasteiger partial charge on any atom is -0.444 e. The number of carbonyl (C=O) groups excluding carboxylic acids is 2. The van der Waals surface area contributed by atoms with Gasteiger partial charge in [0.05, 0.1) is 28.6 Å². The molecule has 232 valence electrons. The van der Waals surface area contributed by atoms with Crippen LogP contribution in [-0.2, 0) is 9.47 Å². The molecule has 0 aliphatic carbocycles. The van der Waals surface area contributed by atoms with Crippen molar-refractivity contribution in [2.45, 2.75) is 89.8 Å². The number of aromatic nitrogens is 4. The molecule has 2 aromatic heterocycles. The van der Waals surface area contributed by atoms with Crippen molar-refractivity contribution < 1.29 is 19.1 Å². The van der Waals surface area contributed by atoms with Gasteiger partial charge in [-0.1, -0.05) is 12.7 Å². The van der Waals surface area contributed by atoms with Gasteiger partial charge in [-0.25, -0.2) is 29.5 Å². The largest absolute Gasteiger partial charge is 0.444 e. The average Bonchev–Trinajstić information content (AvgIpc) is 3.73. The topological polar surface area (TPSA) is 117 Å². The van der Waals surface area contributed by atoms with Gasteiger partial charge in [0, 0.05) is 56.5 Å². The molecule has 2 amide bonds. The molecule has 0 radical (unpaired) electrons. The number of ether oxygens (including phenoxy) is 2. The minimum absolute atomic E-state index is 0.183. The van der Waals surface area contributed by atoms with Crippen LogP contribution in [0.3, 0.4) is 0 Å². The summed E-state index contributed by atoms with van der Waals surface area (Å²) in [6, 6.07) is 0.926. The van der Waals surface area contributed by atoms with Crippen LogP contribution >= 0.6 is 15.9 Å². The molecule has 4 atom stereocenters. The van der Waals surface area contributed by atoms with Crippen LogP contribution in [0.2, 0.25) is 0 Å². The fourth-order valence-corrected chi connectivity index (χ4v) is 6.16. The molecule has 0 N–H and O–H groups in total. The highest BCUT2D eigenvalue weighted by Gasteiger charge is 2.48. The van der Waals surface area contributed by atoms with Crippen LogP contribution in [-0.4, -0.2) is 103 Å². The first kappa shape index (κ1) is 31.0. The Bertz CT molecular complexity index is 1330. The molecular formula is C30H41BrN8O4. The molecule has 12 nitrogen and oxygen atoms in total. The quantitative estimate of drug-likeness (QED) is 0.458. The Morgan fingerprint density at radius 2 is 1.14 bits per heavy atom. The third kappa shape index (κ3) is 7.19. The number of rotatable bonds is 3. The van der Waals surface area contributed by atoms with E-state index in [4.69, 9.17) is 9.47 Å². The van der Waals surface area contributed by atoms with E-state index in [0.29, 0.717) is 13.1 Å². The van der Waals surface area contributed by atoms with Gasteiger partial charge >= 0.3 is 12.2 Å². The van der Waals surface area contributed by atoms with Crippen LogP contribution in [0, 0.1) is 0 Å². The van der Waals surface area contributed by atoms with Crippen molar-refractivity contribution >= 4 is 46.1 Å². The van der Waals surface area contributed by atoms with Gasteiger partial charge in [0.2, 0.25) is 11.9 Å². The fourth-order valence-electron chi connectivity index (χ4n) is 5.95. The van der Waals surface area contributed by atoms with Crippen LogP contribution < -0.4 is 9.80 Å². The lowest BCUT2D eigenvalue weighted by molar-refractivity contribution is 0.0203. The molecule has 2 aromatic rings. The van der Waals surface area contributed by atoms with Crippen molar-refractivity contribution in [1.29, 1.82) is 0 Å². The van der Waals surface area contributed by atoms with Gasteiger partial charge in [0.15, 0.2) is 0 Å². The van der Waals surface area contributed by atoms with Gasteiger partial charge in [-0.05, 0) is 70.3 Å². The summed E-state index contributed by atoms with van der Waals surface area (Å²) in [6.45, 7) is 17.9. The van der Waals surface area contributed by atoms with Crippen molar-refractivity contribution in [3.63, 3.8) is 0 Å². The Labute approximate surface area is 261 Å². The summed E-state index contributed by atoms with van der Waals surface area (Å²) in [6.07, 6.45) is 10.2. The van der Waals surface area contributed by atoms with Crippen molar-refractivity contribution in [3.8, 4) is 0 Å². The third-order valence-corrected chi connectivity index (χ3v) is 8.16. The number of anilines is 2. The number of halogens is 1. The van der Waals surface area contributed by atoms with E-state index in [-0.39, 0.29) is 36.4 Å². The molecule has 4 fully saturated rings. The highest BCUT2D eigenvalue weighted by atomic mass is 79.9. The van der Waals surface area contributed by atoms with E-state index in [1.165, 1.54) is 0 Å². The highest BCUT2D eigenvalue weighted by Crippen LogP contribution is 2.35. The number of hydrogen-bond donors (Lipinski definition) is 0. The van der Waals surface area contributed by atoms with Crippen LogP contribution in [0.25, 0.3) is 6.08 Å². The first-order chi connectivity index (χ1) is 20.2. The van der Waals surface area contributed by atoms with E-state index >= 15 is 0 Å². The first-order valence-electron chi connectivity index (χ1n) is 14.7. The molecular weight excluding hydrogens is 616 g/mol. The number of piperazine rings is 2. The van der Waals surface area contributed by atoms with Gasteiger partial charge in [-0.15, -0.1) is 0 Å². The van der Waals surface area contributed by atoms with E-state index in [9.17, 15) is 9.59 Å². The average molecular weight is 658 g/mol. The molecule has 0 spiro atoms. The number of hydrogen-bond acceptors (Lipinski definition) is 10. The lowest BCUT2D eigenvalue weighted by atomic mass is 10.2. The Morgan fingerprint density at radius 1 is 0.744 bits per heavy atom. The normalized spacial score (nSPS) is 24.2. The number of carbonyl (C=O) groups is 2. The van der Waals surface area contributed by atoms with Crippen molar-refractivity contribution in [2.75, 3.05) is 36.0 Å². The zero-order valence-corrected chi connectivity index (χ0v) is 27.3. The number of likely N-dealkylation sites (tertiary alicyclic amines) is 2. The molecule has 4 aliphatic rings. The van der Waals surface area contributed by atoms with E-state index < -0.39 is 11.2 Å². The Kier molecular flexibility index (Phi) is 8.56. The van der Waals surface area contributed by atoms with Crippen LogP contribution in [0.4, 0.5) is 21.5 Å². The standard InChI is InChI=1S/C16H22N4O2.C14H19BrN4O2/c1-5-11-7-17-14(18-8-11)19-9-13-6-12(19)10-20(13)15(21)22-16(2,3)4;1-14(2,3)21-13(20)19-8-10-4-11(19)7-18(10)12-16-5-9(15)6-17-12/h5,7-8,12-13H,1,6,9-10H2,2-4H3;5-6,10-11H,4,7-8H2,1-3H3/t12-,13-;10-,11-/m00/s1. The maximum Gasteiger partial charge on any atom is 0.410 e. The van der Waals surface area contributed by atoms with E-state index in [1.807, 2.05) is 51.3 Å². The maximum absolute atomic E-state index is 12.2. The second kappa shape index (κ2) is 11.9. The van der Waals surface area contributed by atoms with Crippen LogP contribution in [0.1, 0.15) is 59.9 Å². The summed E-state index contributed by atoms with van der Waals surface area (Å²) in [5, 5.41) is 0. The van der Waals surface area contributed by atoms with Crippen molar-refractivity contribution in [1.82, 2.24) is 29.7 Å². The van der Waals surface area contributed by atoms with E-state index in [1.54, 1.807) is 30.9 Å². The van der Waals surface area contributed by atoms with Gasteiger partial charge in [-0.2, -0.15) is 0 Å². The highest BCUT2D eigenvalue weighted by molar-refractivity contribution is 9.10. The monoisotopic (exact) mass is 656 g/mol. The lowest BCUT2D eigenvalue weighted by Crippen LogP contribution is -2.50. The predicted octanol–water partition coefficient (Wildman–Crippen LogP) is 4.75. The van der Waals surface area contributed by atoms with Crippen LogP contribution in [0.15, 0.2) is 35.8 Å². The van der Waals surface area contributed by atoms with Crippen molar-refractivity contribution in [3.05, 3.63) is 41.4 Å². The molecule has 6 heterocycles. The van der Waals surface area contributed by atoms with Gasteiger partial charge in [0.1, 0.15) is 11.2 Å². The summed E-state index contributed by atoms with van der Waals surface area (Å²) in [4.78, 5) is 49.9. The number of nitrogens with zero attached hydrogens (tertiary/aromatic N) is 8. The second-order valence-corrected chi connectivity index (χ2v) is 14.3. The molecule has 4 aliphatic heterocycles. The van der Waals surface area contributed by atoms with Gasteiger partial charge in [-0.3, -0.25) is 0 Å². The van der Waals surface area contributed by atoms with Crippen LogP contribution in [0.5, 0.6) is 0 Å². The second-order valence-electron chi connectivity index (χ2n) is 13.4. The summed E-state index contributed by atoms with van der Waals surface area (Å²) < 4.78 is 11.8. The maximum atomic E-state index is 12.2. The summed E-state index contributed by atoms with van der Waals surface area (Å²) in [5.74, 6) is 1.46. The smallest absolute Gasteiger partial charge is 0.410 e. The third-order valence-electron chi connectivity index (χ3n) is 7.75. The van der Waals surface area contributed by atoms with Gasteiger partial charge in [0.25, 0.3) is 0 Å². The molecule has 0 saturated carbocycles. The number of fused-ring (bicyclic) bond motifs is 4. The Morgan fingerprint density at radius 3 is 1.47 bits per heavy atom. The molecule has 43 heavy (non-hydrogen) atoms. The fraction of sp³-hybridized carbons (Fsp3) is 0.600. The molecule has 4 saturated heterocycles. The van der Waals surface area contributed by atoms with Gasteiger partial charge < -0.3 is 29.1 Å². The molecule has 6 rings (SSSR count). The summed E-state index contributed by atoms with van der Waals surface area (Å²) in [7, 11) is 0. The Hall–Kier alpha value is -3.48. The summed E-state index contributed by atoms with van der Waals surface area (Å²) >= 11 is 3.34. The predicted molar refractivity (Wildman–Crippen MR) is 167 cm³/mol. The van der Waals surface area contributed by atoms with E-state index in [0.717, 1.165) is 47.9 Å². The SMILES string of the molecule is C=Cc1cnc(N2C[C@@H]3C[C@H]2CN3C(=O)OC(C)(C)C)nc1.CC(C)(C)OC(=O)N1C[C@@H]2C[C@H]1CN2c1ncc(Br)cn1. The van der Waals surface area contributed by atoms with Crippen molar-refractivity contribution in [2.24, 2.45) is 0 Å². The lowest BCUT2D eigenvalue weighted by Gasteiger charge is -2.35. The first-order valence-corrected chi connectivity index (χ1v) is 15.4. The van der Waals surface area contributed by atoms with E-state index in [2.05, 4.69) is 52.2 Å². The molecule has 4 bridgehead atoms. The molecule has 13 heteroatoms.